The zero-order valence-electron chi connectivity index (χ0n) is 11.6. The Morgan fingerprint density at radius 1 is 1.33 bits per heavy atom. The first-order valence-corrected chi connectivity index (χ1v) is 6.77. The van der Waals surface area contributed by atoms with Gasteiger partial charge in [-0.3, -0.25) is 0 Å². The average molecular weight is 300 g/mol. The molecule has 0 spiro atoms. The van der Waals surface area contributed by atoms with Crippen LogP contribution in [0.15, 0.2) is 18.2 Å². The van der Waals surface area contributed by atoms with E-state index in [0.29, 0.717) is 24.1 Å². The van der Waals surface area contributed by atoms with E-state index in [2.05, 4.69) is 5.32 Å². The van der Waals surface area contributed by atoms with E-state index in [1.165, 1.54) is 12.1 Å². The van der Waals surface area contributed by atoms with E-state index in [9.17, 15) is 22.8 Å². The fraction of sp³-hybridized carbons (Fsp3) is 0.533. The Morgan fingerprint density at radius 2 is 2.05 bits per heavy atom. The van der Waals surface area contributed by atoms with Gasteiger partial charge in [-0.1, -0.05) is 0 Å². The number of hydrogen-bond donors (Lipinski definition) is 1. The van der Waals surface area contributed by atoms with Crippen LogP contribution >= 0.6 is 0 Å². The molecule has 0 aliphatic heterocycles. The highest BCUT2D eigenvalue weighted by Crippen LogP contribution is 2.42. The van der Waals surface area contributed by atoms with Gasteiger partial charge < -0.3 is 5.32 Å². The molecule has 1 aliphatic rings. The van der Waals surface area contributed by atoms with Gasteiger partial charge in [0, 0.05) is 5.69 Å². The molecule has 21 heavy (non-hydrogen) atoms. The lowest BCUT2D eigenvalue weighted by molar-refractivity contribution is -0.184. The Balaban J connectivity index is 2.24. The van der Waals surface area contributed by atoms with Gasteiger partial charge in [0.1, 0.15) is 11.4 Å². The van der Waals surface area contributed by atoms with Crippen molar-refractivity contribution in [2.45, 2.75) is 44.3 Å². The van der Waals surface area contributed by atoms with Crippen molar-refractivity contribution in [3.8, 4) is 6.07 Å². The maximum atomic E-state index is 13.4. The fourth-order valence-corrected chi connectivity index (χ4v) is 2.88. The third kappa shape index (κ3) is 3.66. The first-order chi connectivity index (χ1) is 9.74. The summed E-state index contributed by atoms with van der Waals surface area (Å²) in [7, 11) is 0. The van der Waals surface area contributed by atoms with Gasteiger partial charge in [0.15, 0.2) is 0 Å². The van der Waals surface area contributed by atoms with Crippen LogP contribution in [0, 0.1) is 30.0 Å². The topological polar surface area (TPSA) is 35.8 Å². The van der Waals surface area contributed by atoms with Gasteiger partial charge in [0.2, 0.25) is 0 Å². The number of rotatable bonds is 2. The molecule has 2 atom stereocenters. The largest absolute Gasteiger partial charge is 0.391 e. The van der Waals surface area contributed by atoms with Gasteiger partial charge in [0.05, 0.1) is 12.0 Å². The normalized spacial score (nSPS) is 26.2. The van der Waals surface area contributed by atoms with Crippen molar-refractivity contribution >= 4 is 5.69 Å². The van der Waals surface area contributed by atoms with Gasteiger partial charge in [-0.25, -0.2) is 4.39 Å². The average Bonchev–Trinajstić information content (AvgIpc) is 2.36. The van der Waals surface area contributed by atoms with Crippen LogP contribution in [0.1, 0.15) is 31.2 Å². The SMILES string of the molecule is Cc1cc(F)cc(NC2(C#N)CCCC(C(F)(F)F)C2)c1. The highest BCUT2D eigenvalue weighted by atomic mass is 19.4. The van der Waals surface area contributed by atoms with E-state index in [1.807, 2.05) is 6.07 Å². The lowest BCUT2D eigenvalue weighted by Crippen LogP contribution is -2.45. The second kappa shape index (κ2) is 5.55. The number of nitriles is 1. The third-order valence-electron chi connectivity index (χ3n) is 3.85. The first kappa shape index (κ1) is 15.6. The van der Waals surface area contributed by atoms with Crippen molar-refractivity contribution in [1.29, 1.82) is 5.26 Å². The molecule has 1 fully saturated rings. The molecule has 0 aromatic heterocycles. The summed E-state index contributed by atoms with van der Waals surface area (Å²) in [5, 5.41) is 12.2. The number of hydrogen-bond acceptors (Lipinski definition) is 2. The molecular formula is C15H16F4N2. The summed E-state index contributed by atoms with van der Waals surface area (Å²) in [6.45, 7) is 1.69. The van der Waals surface area contributed by atoms with Gasteiger partial charge in [0.25, 0.3) is 0 Å². The molecule has 1 aliphatic carbocycles. The van der Waals surface area contributed by atoms with Gasteiger partial charge in [-0.15, -0.1) is 0 Å². The maximum absolute atomic E-state index is 13.4. The first-order valence-electron chi connectivity index (χ1n) is 6.77. The smallest absolute Gasteiger partial charge is 0.367 e. The molecule has 1 aromatic rings. The molecule has 6 heteroatoms. The molecule has 2 rings (SSSR count). The van der Waals surface area contributed by atoms with Gasteiger partial charge in [-0.05, 0) is 56.4 Å². The summed E-state index contributed by atoms with van der Waals surface area (Å²) in [6, 6.07) is 6.12. The molecule has 2 unspecified atom stereocenters. The van der Waals surface area contributed by atoms with Crippen LogP contribution in [-0.4, -0.2) is 11.7 Å². The quantitative estimate of drug-likeness (QED) is 0.813. The van der Waals surface area contributed by atoms with Crippen molar-refractivity contribution in [1.82, 2.24) is 0 Å². The van der Waals surface area contributed by atoms with E-state index in [1.54, 1.807) is 13.0 Å². The van der Waals surface area contributed by atoms with Crippen molar-refractivity contribution in [2.75, 3.05) is 5.32 Å². The Bertz CT molecular complexity index is 542. The van der Waals surface area contributed by atoms with Crippen molar-refractivity contribution in [3.63, 3.8) is 0 Å². The van der Waals surface area contributed by atoms with Crippen molar-refractivity contribution in [3.05, 3.63) is 29.6 Å². The highest BCUT2D eigenvalue weighted by Gasteiger charge is 2.48. The Labute approximate surface area is 120 Å². The molecular weight excluding hydrogens is 284 g/mol. The number of halogens is 4. The number of aryl methyl sites for hydroxylation is 1. The minimum atomic E-state index is -4.30. The molecule has 1 N–H and O–H groups in total. The molecule has 1 saturated carbocycles. The highest BCUT2D eigenvalue weighted by molar-refractivity contribution is 5.50. The van der Waals surface area contributed by atoms with E-state index >= 15 is 0 Å². The lowest BCUT2D eigenvalue weighted by Gasteiger charge is -2.37. The zero-order valence-corrected chi connectivity index (χ0v) is 11.6. The molecule has 114 valence electrons. The van der Waals surface area contributed by atoms with Crippen LogP contribution in [0.25, 0.3) is 0 Å². The Kier molecular flexibility index (Phi) is 4.13. The predicted molar refractivity (Wildman–Crippen MR) is 71.1 cm³/mol. The summed E-state index contributed by atoms with van der Waals surface area (Å²) >= 11 is 0. The van der Waals surface area contributed by atoms with E-state index in [-0.39, 0.29) is 12.8 Å². The lowest BCUT2D eigenvalue weighted by atomic mass is 9.76. The second-order valence-corrected chi connectivity index (χ2v) is 5.67. The molecule has 0 radical (unpaired) electrons. The minimum absolute atomic E-state index is 0.0385. The monoisotopic (exact) mass is 300 g/mol. The summed E-state index contributed by atoms with van der Waals surface area (Å²) in [5.74, 6) is -1.97. The van der Waals surface area contributed by atoms with Crippen LogP contribution < -0.4 is 5.32 Å². The van der Waals surface area contributed by atoms with Crippen LogP contribution in [0.5, 0.6) is 0 Å². The van der Waals surface area contributed by atoms with Crippen molar-refractivity contribution < 1.29 is 17.6 Å². The molecule has 0 heterocycles. The molecule has 0 amide bonds. The summed E-state index contributed by atoms with van der Waals surface area (Å²) in [4.78, 5) is 0. The van der Waals surface area contributed by atoms with Crippen LogP contribution in [0.3, 0.4) is 0 Å². The standard InChI is InChI=1S/C15H16F4N2/c1-10-5-12(16)7-13(6-10)21-14(9-20)4-2-3-11(8-14)15(17,18)19/h5-7,11,21H,2-4,8H2,1H3. The van der Waals surface area contributed by atoms with Crippen LogP contribution in [-0.2, 0) is 0 Å². The summed E-state index contributed by atoms with van der Waals surface area (Å²) in [5.41, 5.74) is -0.302. The molecule has 2 nitrogen and oxygen atoms in total. The molecule has 1 aromatic carbocycles. The molecule has 0 bridgehead atoms. The number of nitrogens with zero attached hydrogens (tertiary/aromatic N) is 1. The number of nitrogens with one attached hydrogen (secondary N) is 1. The van der Waals surface area contributed by atoms with Crippen molar-refractivity contribution in [2.24, 2.45) is 5.92 Å². The van der Waals surface area contributed by atoms with Crippen LogP contribution in [0.2, 0.25) is 0 Å². The Hall–Kier alpha value is -1.77. The number of benzene rings is 1. The van der Waals surface area contributed by atoms with Gasteiger partial charge in [-0.2, -0.15) is 18.4 Å². The Morgan fingerprint density at radius 3 is 2.62 bits per heavy atom. The predicted octanol–water partition coefficient (Wildman–Crippen LogP) is 4.56. The fourth-order valence-electron chi connectivity index (χ4n) is 2.88. The van der Waals surface area contributed by atoms with Gasteiger partial charge >= 0.3 is 6.18 Å². The zero-order chi connectivity index (χ0) is 15.7. The number of alkyl halides is 3. The number of anilines is 1. The summed E-state index contributed by atoms with van der Waals surface area (Å²) < 4.78 is 52.0. The van der Waals surface area contributed by atoms with E-state index in [0.717, 1.165) is 0 Å². The molecule has 0 saturated heterocycles. The van der Waals surface area contributed by atoms with E-state index < -0.39 is 23.5 Å². The second-order valence-electron chi connectivity index (χ2n) is 5.67. The minimum Gasteiger partial charge on any atom is -0.367 e. The van der Waals surface area contributed by atoms with Crippen LogP contribution in [0.4, 0.5) is 23.2 Å². The third-order valence-corrected chi connectivity index (χ3v) is 3.85. The van der Waals surface area contributed by atoms with E-state index in [4.69, 9.17) is 0 Å². The summed E-state index contributed by atoms with van der Waals surface area (Å²) in [6.07, 6.45) is -3.92. The maximum Gasteiger partial charge on any atom is 0.391 e.